The fraction of sp³-hybridized carbons (Fsp3) is 1.00. The first kappa shape index (κ1) is 25.0. The minimum absolute atomic E-state index is 0. The molecule has 0 amide bonds. The van der Waals surface area contributed by atoms with Crippen LogP contribution in [0.4, 0.5) is 0 Å². The monoisotopic (exact) mass is 348 g/mol. The summed E-state index contributed by atoms with van der Waals surface area (Å²) < 4.78 is 0. The molecule has 0 saturated carbocycles. The second-order valence-corrected chi connectivity index (χ2v) is 3.08. The fourth-order valence-electron chi connectivity index (χ4n) is 0.400. The van der Waals surface area contributed by atoms with Gasteiger partial charge in [-0.2, -0.15) is 0 Å². The maximum Gasteiger partial charge on any atom is 2.00 e. The Morgan fingerprint density at radius 3 is 1.06 bits per heavy atom. The zero-order chi connectivity index (χ0) is 13.7. The van der Waals surface area contributed by atoms with Crippen LogP contribution < -0.4 is 0 Å². The van der Waals surface area contributed by atoms with E-state index in [1.807, 2.05) is 0 Å². The zero-order valence-corrected chi connectivity index (χ0v) is 11.6. The van der Waals surface area contributed by atoms with Gasteiger partial charge in [0.25, 0.3) is 10.2 Å². The molecule has 11 heteroatoms. The van der Waals surface area contributed by atoms with Crippen LogP contribution in [0.1, 0.15) is 0 Å². The molecule has 17 heavy (non-hydrogen) atoms. The second kappa shape index (κ2) is 17.4. The van der Waals surface area contributed by atoms with E-state index in [0.717, 1.165) is 13.1 Å². The van der Waals surface area contributed by atoms with Crippen LogP contribution in [0.15, 0.2) is 0 Å². The number of rotatable bonds is 3. The van der Waals surface area contributed by atoms with Gasteiger partial charge in [-0.05, 0) is 28.2 Å². The third kappa shape index (κ3) is 159. The Bertz CT molecular complexity index is 163. The minimum Gasteiger partial charge on any atom is -0.328 e. The van der Waals surface area contributed by atoms with Gasteiger partial charge in [-0.1, -0.05) is 0 Å². The molecule has 0 fully saturated rings. The van der Waals surface area contributed by atoms with Gasteiger partial charge in [-0.25, -0.2) is 0 Å². The summed E-state index contributed by atoms with van der Waals surface area (Å²) >= 11 is 0. The molecule has 0 spiro atoms. The molecule has 0 aromatic heterocycles. The van der Waals surface area contributed by atoms with Gasteiger partial charge < -0.3 is 20.2 Å². The van der Waals surface area contributed by atoms with Crippen molar-refractivity contribution in [2.45, 2.75) is 0 Å². The molecule has 0 aliphatic carbocycles. The van der Waals surface area contributed by atoms with Crippen LogP contribution >= 0.6 is 0 Å². The van der Waals surface area contributed by atoms with Gasteiger partial charge in [0.15, 0.2) is 0 Å². The van der Waals surface area contributed by atoms with Gasteiger partial charge in [-0.15, -0.1) is 20.2 Å². The first-order chi connectivity index (χ1) is 7.09. The Balaban J connectivity index is -0.0000000806. The fourth-order valence-corrected chi connectivity index (χ4v) is 0.400. The molecule has 0 bridgehead atoms. The minimum atomic E-state index is -1.50. The van der Waals surface area contributed by atoms with Gasteiger partial charge >= 0.3 is 20.4 Å². The number of hydrogen-bond acceptors (Lipinski definition) is 6. The molecule has 0 heterocycles. The normalized spacial score (nSPS) is 8.12. The van der Waals surface area contributed by atoms with Crippen molar-refractivity contribution < 1.29 is 41.0 Å². The van der Waals surface area contributed by atoms with Crippen LogP contribution in [0.5, 0.6) is 0 Å². The summed E-state index contributed by atoms with van der Waals surface area (Å²) in [5.74, 6) is 0. The summed E-state index contributed by atoms with van der Waals surface area (Å²) in [7, 11) is 8.35. The quantitative estimate of drug-likeness (QED) is 0.393. The van der Waals surface area contributed by atoms with E-state index in [2.05, 4.69) is 38.0 Å². The Morgan fingerprint density at radius 2 is 1.00 bits per heavy atom. The van der Waals surface area contributed by atoms with Crippen LogP contribution in [0.2, 0.25) is 0 Å². The van der Waals surface area contributed by atoms with Crippen molar-refractivity contribution in [2.24, 2.45) is 0 Å². The average Bonchev–Trinajstić information content (AvgIpc) is 1.98. The van der Waals surface area contributed by atoms with E-state index in [4.69, 9.17) is 30.6 Å². The van der Waals surface area contributed by atoms with E-state index in [1.54, 1.807) is 0 Å². The Kier molecular flexibility index (Phi) is 25.5. The molecule has 0 unspecified atom stereocenters. The molecule has 0 aliphatic rings. The van der Waals surface area contributed by atoms with E-state index in [-0.39, 0.29) is 20.4 Å². The molecule has 0 saturated heterocycles. The van der Waals surface area contributed by atoms with Crippen molar-refractivity contribution in [3.05, 3.63) is 20.2 Å². The van der Waals surface area contributed by atoms with Crippen molar-refractivity contribution in [2.75, 3.05) is 41.3 Å². The van der Waals surface area contributed by atoms with Gasteiger partial charge in [0.05, 0.1) is 0 Å². The molecule has 0 aromatic carbocycles. The first-order valence-electron chi connectivity index (χ1n) is 4.05. The molecule has 0 atom stereocenters. The van der Waals surface area contributed by atoms with Crippen LogP contribution in [0.25, 0.3) is 0 Å². The third-order valence-electron chi connectivity index (χ3n) is 0.994. The van der Waals surface area contributed by atoms with Crippen LogP contribution in [0.3, 0.4) is 0 Å². The van der Waals surface area contributed by atoms with Crippen molar-refractivity contribution in [1.82, 2.24) is 9.80 Å². The molecule has 2 N–H and O–H groups in total. The van der Waals surface area contributed by atoms with Crippen molar-refractivity contribution in [3.8, 4) is 0 Å². The van der Waals surface area contributed by atoms with Gasteiger partial charge in [0.1, 0.15) is 0 Å². The van der Waals surface area contributed by atoms with Crippen molar-refractivity contribution in [1.29, 1.82) is 0 Å². The molecule has 106 valence electrons. The van der Waals surface area contributed by atoms with E-state index in [9.17, 15) is 0 Å². The Labute approximate surface area is 113 Å². The molecular formula is C6H18N4O6Pd+2. The third-order valence-corrected chi connectivity index (χ3v) is 0.994. The zero-order valence-electron chi connectivity index (χ0n) is 10.0. The van der Waals surface area contributed by atoms with E-state index in [1.165, 1.54) is 0 Å². The van der Waals surface area contributed by atoms with Crippen LogP contribution in [0, 0.1) is 20.2 Å². The Morgan fingerprint density at radius 1 is 0.882 bits per heavy atom. The van der Waals surface area contributed by atoms with Gasteiger partial charge in [0, 0.05) is 13.1 Å². The summed E-state index contributed by atoms with van der Waals surface area (Å²) in [6, 6.07) is 0. The predicted octanol–water partition coefficient (Wildman–Crippen LogP) is -0.588. The number of likely N-dealkylation sites (N-methyl/N-ethyl adjacent to an activating group) is 2. The largest absolute Gasteiger partial charge is 2.00 e. The number of hydrogen-bond donors (Lipinski definition) is 2. The molecule has 0 aliphatic heterocycles. The SMILES string of the molecule is CN(C)CCN(C)C.O=[N+]([O-])O.O=[N+]([O-])O.[Pd+2]. The molecule has 0 radical (unpaired) electrons. The standard InChI is InChI=1S/C6H16N2.2HNO3.Pd/c1-7(2)5-6-8(3)4;2*2-1(3)4;/h5-6H2,1-4H3;2*(H,2,3,4);/q;;;+2. The molecule has 10 nitrogen and oxygen atoms in total. The summed E-state index contributed by atoms with van der Waals surface area (Å²) in [4.78, 5) is 21.1. The second-order valence-electron chi connectivity index (χ2n) is 3.08. The summed E-state index contributed by atoms with van der Waals surface area (Å²) in [5, 5.41) is 27.3. The predicted molar refractivity (Wildman–Crippen MR) is 54.7 cm³/mol. The summed E-state index contributed by atoms with van der Waals surface area (Å²) in [6.07, 6.45) is 0. The van der Waals surface area contributed by atoms with E-state index in [0.29, 0.717) is 0 Å². The van der Waals surface area contributed by atoms with E-state index < -0.39 is 10.2 Å². The number of nitrogens with zero attached hydrogens (tertiary/aromatic N) is 4. The smallest absolute Gasteiger partial charge is 0.328 e. The van der Waals surface area contributed by atoms with Gasteiger partial charge in [-0.3, -0.25) is 0 Å². The maximum atomic E-state index is 8.36. The summed E-state index contributed by atoms with van der Waals surface area (Å²) in [5.41, 5.74) is 0. The molecule has 0 aromatic rings. The van der Waals surface area contributed by atoms with Crippen molar-refractivity contribution >= 4 is 0 Å². The molecule has 0 rings (SSSR count). The average molecular weight is 349 g/mol. The van der Waals surface area contributed by atoms with Crippen LogP contribution in [-0.4, -0.2) is 71.7 Å². The molecular weight excluding hydrogens is 331 g/mol. The maximum absolute atomic E-state index is 8.36. The van der Waals surface area contributed by atoms with Crippen molar-refractivity contribution in [3.63, 3.8) is 0 Å². The summed E-state index contributed by atoms with van der Waals surface area (Å²) in [6.45, 7) is 2.29. The first-order valence-corrected chi connectivity index (χ1v) is 4.05. The Hall–Kier alpha value is -1.02. The van der Waals surface area contributed by atoms with Gasteiger partial charge in [0.2, 0.25) is 0 Å². The topological polar surface area (TPSA) is 133 Å². The van der Waals surface area contributed by atoms with E-state index >= 15 is 0 Å². The van der Waals surface area contributed by atoms with Crippen LogP contribution in [-0.2, 0) is 20.4 Å².